The lowest BCUT2D eigenvalue weighted by Gasteiger charge is -2.44. The number of halogens is 7. The summed E-state index contributed by atoms with van der Waals surface area (Å²) in [4.78, 5) is 22.1. The molecule has 3 aliphatic rings. The molecular formula is C22H16F7N3O2. The Morgan fingerprint density at radius 3 is 2.26 bits per heavy atom. The highest BCUT2D eigenvalue weighted by atomic mass is 19.4. The molecule has 1 aliphatic carbocycles. The van der Waals surface area contributed by atoms with Gasteiger partial charge in [0.1, 0.15) is 0 Å². The van der Waals surface area contributed by atoms with E-state index in [-0.39, 0.29) is 54.0 Å². The van der Waals surface area contributed by atoms with Crippen LogP contribution < -0.4 is 0 Å². The number of alkyl halides is 4. The van der Waals surface area contributed by atoms with Gasteiger partial charge in [-0.3, -0.25) is 9.78 Å². The molecule has 0 N–H and O–H groups in total. The predicted octanol–water partition coefficient (Wildman–Crippen LogP) is 4.50. The fraction of sp³-hybridized carbons (Fsp3) is 0.409. The normalized spacial score (nSPS) is 23.9. The van der Waals surface area contributed by atoms with Crippen LogP contribution in [0, 0.1) is 23.4 Å². The van der Waals surface area contributed by atoms with E-state index in [9.17, 15) is 31.1 Å². The fourth-order valence-electron chi connectivity index (χ4n) is 4.14. The Hall–Kier alpha value is -3.18. The van der Waals surface area contributed by atoms with Crippen LogP contribution in [0.25, 0.3) is 0 Å². The number of benzene rings is 1. The highest BCUT2D eigenvalue weighted by Crippen LogP contribution is 2.49. The van der Waals surface area contributed by atoms with Crippen LogP contribution in [0.2, 0.25) is 0 Å². The van der Waals surface area contributed by atoms with Gasteiger partial charge in [-0.1, -0.05) is 5.16 Å². The number of pyridine rings is 1. The first-order valence-electron chi connectivity index (χ1n) is 10.3. The quantitative estimate of drug-likeness (QED) is 0.472. The first-order chi connectivity index (χ1) is 15.9. The van der Waals surface area contributed by atoms with Crippen molar-refractivity contribution in [2.75, 3.05) is 13.1 Å². The first kappa shape index (κ1) is 22.6. The van der Waals surface area contributed by atoms with Crippen LogP contribution in [0.15, 0.2) is 35.6 Å². The third-order valence-corrected chi connectivity index (χ3v) is 6.31. The van der Waals surface area contributed by atoms with Gasteiger partial charge in [-0.15, -0.1) is 0 Å². The van der Waals surface area contributed by atoms with E-state index in [2.05, 4.69) is 15.0 Å². The highest BCUT2D eigenvalue weighted by molar-refractivity contribution is 6.01. The minimum absolute atomic E-state index is 0.0142. The largest absolute Gasteiger partial charge is 0.435 e. The average molecular weight is 487 g/mol. The molecule has 1 atom stereocenters. The van der Waals surface area contributed by atoms with Crippen LogP contribution in [0.1, 0.15) is 36.1 Å². The molecule has 0 spiro atoms. The molecule has 3 heterocycles. The van der Waals surface area contributed by atoms with Gasteiger partial charge < -0.3 is 9.74 Å². The summed E-state index contributed by atoms with van der Waals surface area (Å²) in [6.45, 7) is -0.310. The molecule has 2 aliphatic heterocycles. The van der Waals surface area contributed by atoms with Crippen molar-refractivity contribution in [1.29, 1.82) is 0 Å². The van der Waals surface area contributed by atoms with Gasteiger partial charge in [0.25, 0.3) is 5.60 Å². The van der Waals surface area contributed by atoms with Crippen molar-refractivity contribution in [1.82, 2.24) is 9.88 Å². The van der Waals surface area contributed by atoms with Gasteiger partial charge in [-0.25, -0.2) is 17.6 Å². The molecule has 5 rings (SSSR count). The number of aromatic nitrogens is 1. The molecule has 1 aromatic heterocycles. The summed E-state index contributed by atoms with van der Waals surface area (Å²) < 4.78 is 97.5. The van der Waals surface area contributed by atoms with Gasteiger partial charge in [-0.2, -0.15) is 13.2 Å². The Kier molecular flexibility index (Phi) is 4.93. The third kappa shape index (κ3) is 3.50. The highest BCUT2D eigenvalue weighted by Gasteiger charge is 2.62. The minimum atomic E-state index is -5.16. The van der Waals surface area contributed by atoms with Crippen LogP contribution >= 0.6 is 0 Å². The Balaban J connectivity index is 1.36. The number of oxime groups is 1. The van der Waals surface area contributed by atoms with E-state index >= 15 is 4.39 Å². The van der Waals surface area contributed by atoms with E-state index in [0.29, 0.717) is 0 Å². The number of carbonyl (C=O) groups is 1. The number of nitrogens with zero attached hydrogens (tertiary/aromatic N) is 3. The van der Waals surface area contributed by atoms with E-state index in [4.69, 9.17) is 0 Å². The van der Waals surface area contributed by atoms with Crippen molar-refractivity contribution in [3.63, 3.8) is 0 Å². The summed E-state index contributed by atoms with van der Waals surface area (Å²) in [6, 6.07) is 3.00. The molecule has 2 aromatic rings. The molecule has 1 saturated heterocycles. The smallest absolute Gasteiger partial charge is 0.374 e. The van der Waals surface area contributed by atoms with Crippen LogP contribution in [-0.2, 0) is 20.9 Å². The van der Waals surface area contributed by atoms with Gasteiger partial charge in [0.05, 0.1) is 30.9 Å². The van der Waals surface area contributed by atoms with E-state index < -0.39 is 46.9 Å². The number of carbonyl (C=O) groups excluding carboxylic acids is 1. The van der Waals surface area contributed by atoms with Crippen LogP contribution in [-0.4, -0.2) is 40.8 Å². The lowest BCUT2D eigenvalue weighted by Crippen LogP contribution is -2.59. The zero-order valence-electron chi connectivity index (χ0n) is 17.3. The van der Waals surface area contributed by atoms with E-state index in [1.807, 2.05) is 0 Å². The zero-order chi connectivity index (χ0) is 24.5. The molecule has 1 aromatic carbocycles. The maximum absolute atomic E-state index is 15.1. The molecular weight excluding hydrogens is 471 g/mol. The van der Waals surface area contributed by atoms with Gasteiger partial charge in [0.2, 0.25) is 5.91 Å². The summed E-state index contributed by atoms with van der Waals surface area (Å²) in [5.41, 5.74) is -6.25. The second-order valence-electron chi connectivity index (χ2n) is 8.75. The van der Waals surface area contributed by atoms with Crippen LogP contribution in [0.5, 0.6) is 0 Å². The molecule has 1 saturated carbocycles. The van der Waals surface area contributed by atoms with E-state index in [1.54, 1.807) is 0 Å². The Labute approximate surface area is 188 Å². The van der Waals surface area contributed by atoms with Gasteiger partial charge in [-0.05, 0) is 37.1 Å². The maximum atomic E-state index is 15.1. The zero-order valence-corrected chi connectivity index (χ0v) is 17.3. The van der Waals surface area contributed by atoms with Crippen LogP contribution in [0.3, 0.4) is 0 Å². The van der Waals surface area contributed by atoms with Gasteiger partial charge in [0, 0.05) is 23.2 Å². The Morgan fingerprint density at radius 1 is 1.09 bits per heavy atom. The van der Waals surface area contributed by atoms with Gasteiger partial charge in [0.15, 0.2) is 23.1 Å². The maximum Gasteiger partial charge on any atom is 0.435 e. The molecule has 1 amide bonds. The lowest BCUT2D eigenvalue weighted by molar-refractivity contribution is -0.276. The summed E-state index contributed by atoms with van der Waals surface area (Å²) >= 11 is 0. The molecule has 12 heteroatoms. The number of rotatable bonds is 4. The summed E-state index contributed by atoms with van der Waals surface area (Å²) in [5.74, 6) is -5.65. The second-order valence-corrected chi connectivity index (χ2v) is 8.75. The van der Waals surface area contributed by atoms with Crippen LogP contribution in [0.4, 0.5) is 30.7 Å². The SMILES string of the molecule is O=C(C1CC1)N1CC(F)(c2ccc(C3=NOC(c4cc(F)c(F)c(F)c4)(C(F)(F)F)C3)cn2)C1. The molecule has 0 radical (unpaired) electrons. The monoisotopic (exact) mass is 487 g/mol. The molecule has 34 heavy (non-hydrogen) atoms. The van der Waals surface area contributed by atoms with Crippen molar-refractivity contribution in [3.05, 3.63) is 64.7 Å². The minimum Gasteiger partial charge on any atom is -0.374 e. The predicted molar refractivity (Wildman–Crippen MR) is 103 cm³/mol. The number of hydrogen-bond acceptors (Lipinski definition) is 4. The number of hydrogen-bond donors (Lipinski definition) is 0. The molecule has 5 nitrogen and oxygen atoms in total. The standard InChI is InChI=1S/C22H16F7N3O2/c23-14-5-13(6-15(24)18(14)25)21(22(27,28)29)7-16(31-34-21)12-3-4-17(30-8-12)20(26)9-32(10-20)19(33)11-1-2-11/h3-6,8,11H,1-2,7,9-10H2. The lowest BCUT2D eigenvalue weighted by atomic mass is 9.86. The molecule has 180 valence electrons. The van der Waals surface area contributed by atoms with Crippen molar-refractivity contribution < 1.29 is 40.4 Å². The Morgan fingerprint density at radius 2 is 1.74 bits per heavy atom. The molecule has 1 unspecified atom stereocenters. The summed E-state index contributed by atoms with van der Waals surface area (Å²) in [5, 5.41) is 3.44. The van der Waals surface area contributed by atoms with Crippen molar-refractivity contribution in [2.45, 2.75) is 36.7 Å². The van der Waals surface area contributed by atoms with Crippen molar-refractivity contribution in [2.24, 2.45) is 11.1 Å². The second kappa shape index (κ2) is 7.41. The van der Waals surface area contributed by atoms with E-state index in [0.717, 1.165) is 19.0 Å². The van der Waals surface area contributed by atoms with Crippen molar-refractivity contribution in [3.8, 4) is 0 Å². The summed E-state index contributed by atoms with van der Waals surface area (Å²) in [7, 11) is 0. The van der Waals surface area contributed by atoms with Gasteiger partial charge >= 0.3 is 6.18 Å². The summed E-state index contributed by atoms with van der Waals surface area (Å²) in [6.07, 6.45) is -3.42. The third-order valence-electron chi connectivity index (χ3n) is 6.31. The van der Waals surface area contributed by atoms with E-state index in [1.165, 1.54) is 17.0 Å². The number of amides is 1. The molecule has 0 bridgehead atoms. The Bertz CT molecular complexity index is 1160. The first-order valence-corrected chi connectivity index (χ1v) is 10.3. The van der Waals surface area contributed by atoms with Crippen molar-refractivity contribution >= 4 is 11.6 Å². The fourth-order valence-corrected chi connectivity index (χ4v) is 4.14. The topological polar surface area (TPSA) is 54.8 Å². The molecule has 2 fully saturated rings. The number of likely N-dealkylation sites (tertiary alicyclic amines) is 1. The average Bonchev–Trinajstić information content (AvgIpc) is 3.51.